The molecule has 1 aliphatic carbocycles. The number of hydrogen-bond acceptors (Lipinski definition) is 3. The predicted octanol–water partition coefficient (Wildman–Crippen LogP) is 3.91. The van der Waals surface area contributed by atoms with Gasteiger partial charge in [-0.25, -0.2) is 10.2 Å². The van der Waals surface area contributed by atoms with Gasteiger partial charge in [-0.15, -0.1) is 0 Å². The highest BCUT2D eigenvalue weighted by molar-refractivity contribution is 5.67. The number of carbonyl (C=O) groups is 1. The van der Waals surface area contributed by atoms with Crippen molar-refractivity contribution in [3.05, 3.63) is 0 Å². The largest absolute Gasteiger partial charge is 0.443 e. The lowest BCUT2D eigenvalue weighted by Gasteiger charge is -2.23. The zero-order chi connectivity index (χ0) is 14.1. The molecular formula is C15H30N2O2. The number of hydrazine groups is 1. The Bertz CT molecular complexity index is 251. The fourth-order valence-corrected chi connectivity index (χ4v) is 2.42. The van der Waals surface area contributed by atoms with Crippen LogP contribution in [0.3, 0.4) is 0 Å². The summed E-state index contributed by atoms with van der Waals surface area (Å²) < 4.78 is 5.22. The molecule has 112 valence electrons. The van der Waals surface area contributed by atoms with Crippen LogP contribution in [-0.2, 0) is 4.74 Å². The van der Waals surface area contributed by atoms with Gasteiger partial charge in [-0.3, -0.25) is 5.43 Å². The monoisotopic (exact) mass is 270 g/mol. The maximum atomic E-state index is 11.6. The molecule has 4 heteroatoms. The first-order chi connectivity index (χ1) is 8.97. The Kier molecular flexibility index (Phi) is 7.21. The second-order valence-corrected chi connectivity index (χ2v) is 6.52. The smallest absolute Gasteiger partial charge is 0.422 e. The summed E-state index contributed by atoms with van der Waals surface area (Å²) in [6, 6.07) is 0.380. The average Bonchev–Trinajstić information content (AvgIpc) is 2.32. The van der Waals surface area contributed by atoms with Crippen LogP contribution in [0.2, 0.25) is 0 Å². The molecule has 1 rings (SSSR count). The van der Waals surface area contributed by atoms with Gasteiger partial charge >= 0.3 is 6.09 Å². The average molecular weight is 270 g/mol. The summed E-state index contributed by atoms with van der Waals surface area (Å²) in [6.45, 7) is 5.61. The molecule has 0 unspecified atom stereocenters. The molecule has 0 aliphatic heterocycles. The minimum atomic E-state index is -0.442. The highest BCUT2D eigenvalue weighted by Crippen LogP contribution is 2.16. The summed E-state index contributed by atoms with van der Waals surface area (Å²) in [4.78, 5) is 11.6. The van der Waals surface area contributed by atoms with Crippen molar-refractivity contribution in [2.24, 2.45) is 0 Å². The van der Waals surface area contributed by atoms with Gasteiger partial charge in [0.2, 0.25) is 0 Å². The van der Waals surface area contributed by atoms with E-state index in [-0.39, 0.29) is 6.09 Å². The number of rotatable bonds is 2. The van der Waals surface area contributed by atoms with Crippen LogP contribution in [-0.4, -0.2) is 17.7 Å². The third-order valence-corrected chi connectivity index (χ3v) is 3.38. The van der Waals surface area contributed by atoms with Crippen LogP contribution in [0.4, 0.5) is 4.79 Å². The molecule has 0 aromatic rings. The summed E-state index contributed by atoms with van der Waals surface area (Å²) in [6.07, 6.45) is 11.1. The predicted molar refractivity (Wildman–Crippen MR) is 77.8 cm³/mol. The Morgan fingerprint density at radius 1 is 0.947 bits per heavy atom. The van der Waals surface area contributed by atoms with Crippen LogP contribution in [0.15, 0.2) is 0 Å². The molecule has 0 spiro atoms. The molecule has 1 aliphatic rings. The summed E-state index contributed by atoms with van der Waals surface area (Å²) in [5.74, 6) is 0. The first kappa shape index (κ1) is 16.3. The fourth-order valence-electron chi connectivity index (χ4n) is 2.42. The maximum absolute atomic E-state index is 11.6. The van der Waals surface area contributed by atoms with E-state index in [1.807, 2.05) is 20.8 Å². The fraction of sp³-hybridized carbons (Fsp3) is 0.933. The highest BCUT2D eigenvalue weighted by Gasteiger charge is 2.17. The lowest BCUT2D eigenvalue weighted by molar-refractivity contribution is 0.0484. The molecule has 1 amide bonds. The van der Waals surface area contributed by atoms with Gasteiger partial charge in [-0.05, 0) is 33.6 Å². The third-order valence-electron chi connectivity index (χ3n) is 3.38. The number of nitrogens with one attached hydrogen (secondary N) is 2. The third kappa shape index (κ3) is 8.87. The van der Waals surface area contributed by atoms with Gasteiger partial charge in [0.1, 0.15) is 5.60 Å². The molecule has 4 nitrogen and oxygen atoms in total. The molecule has 0 atom stereocenters. The van der Waals surface area contributed by atoms with Crippen molar-refractivity contribution in [1.82, 2.24) is 10.9 Å². The van der Waals surface area contributed by atoms with Crippen molar-refractivity contribution in [3.63, 3.8) is 0 Å². The Morgan fingerprint density at radius 2 is 1.42 bits per heavy atom. The van der Waals surface area contributed by atoms with E-state index in [1.165, 1.54) is 44.9 Å². The summed E-state index contributed by atoms with van der Waals surface area (Å²) >= 11 is 0. The van der Waals surface area contributed by atoms with Crippen LogP contribution in [0.5, 0.6) is 0 Å². The Labute approximate surface area is 117 Å². The summed E-state index contributed by atoms with van der Waals surface area (Å²) in [7, 11) is 0. The second-order valence-electron chi connectivity index (χ2n) is 6.52. The molecule has 1 fully saturated rings. The SMILES string of the molecule is CC(C)(C)OC(=O)NNC1CCCCCCCCC1. The molecule has 0 radical (unpaired) electrons. The molecule has 0 aromatic heterocycles. The zero-order valence-electron chi connectivity index (χ0n) is 12.8. The summed E-state index contributed by atoms with van der Waals surface area (Å²) in [5.41, 5.74) is 5.37. The molecule has 0 heterocycles. The molecule has 0 saturated heterocycles. The van der Waals surface area contributed by atoms with Crippen LogP contribution in [0, 0.1) is 0 Å². The lowest BCUT2D eigenvalue weighted by Crippen LogP contribution is -2.46. The topological polar surface area (TPSA) is 50.4 Å². The number of hydrogen-bond donors (Lipinski definition) is 2. The van der Waals surface area contributed by atoms with E-state index in [4.69, 9.17) is 4.74 Å². The van der Waals surface area contributed by atoms with E-state index in [0.29, 0.717) is 6.04 Å². The van der Waals surface area contributed by atoms with E-state index in [9.17, 15) is 4.79 Å². The van der Waals surface area contributed by atoms with E-state index < -0.39 is 5.60 Å². The molecular weight excluding hydrogens is 240 g/mol. The molecule has 2 N–H and O–H groups in total. The Morgan fingerprint density at radius 3 is 1.89 bits per heavy atom. The van der Waals surface area contributed by atoms with Gasteiger partial charge in [-0.2, -0.15) is 0 Å². The highest BCUT2D eigenvalue weighted by atomic mass is 16.6. The van der Waals surface area contributed by atoms with Gasteiger partial charge in [0.15, 0.2) is 0 Å². The first-order valence-corrected chi connectivity index (χ1v) is 7.72. The Balaban J connectivity index is 2.26. The molecule has 19 heavy (non-hydrogen) atoms. The number of ether oxygens (including phenoxy) is 1. The van der Waals surface area contributed by atoms with Crippen molar-refractivity contribution in [1.29, 1.82) is 0 Å². The van der Waals surface area contributed by atoms with Crippen molar-refractivity contribution >= 4 is 6.09 Å². The van der Waals surface area contributed by atoms with Crippen molar-refractivity contribution < 1.29 is 9.53 Å². The van der Waals surface area contributed by atoms with Crippen molar-refractivity contribution in [3.8, 4) is 0 Å². The van der Waals surface area contributed by atoms with Gasteiger partial charge < -0.3 is 4.74 Å². The van der Waals surface area contributed by atoms with E-state index in [0.717, 1.165) is 12.8 Å². The standard InChI is InChI=1S/C15H30N2O2/c1-15(2,3)19-14(18)17-16-13-11-9-7-5-4-6-8-10-12-13/h13,16H,4-12H2,1-3H3,(H,17,18). The van der Waals surface area contributed by atoms with Gasteiger partial charge in [0, 0.05) is 6.04 Å². The van der Waals surface area contributed by atoms with E-state index in [2.05, 4.69) is 10.9 Å². The number of carbonyl (C=O) groups excluding carboxylic acids is 1. The number of amides is 1. The quantitative estimate of drug-likeness (QED) is 0.748. The zero-order valence-corrected chi connectivity index (χ0v) is 12.8. The molecule has 0 aromatic carbocycles. The van der Waals surface area contributed by atoms with E-state index in [1.54, 1.807) is 0 Å². The molecule has 1 saturated carbocycles. The van der Waals surface area contributed by atoms with Crippen LogP contribution in [0.25, 0.3) is 0 Å². The van der Waals surface area contributed by atoms with Crippen LogP contribution >= 0.6 is 0 Å². The summed E-state index contributed by atoms with van der Waals surface area (Å²) in [5, 5.41) is 0. The molecule has 0 bridgehead atoms. The maximum Gasteiger partial charge on any atom is 0.422 e. The van der Waals surface area contributed by atoms with Crippen molar-refractivity contribution in [2.75, 3.05) is 0 Å². The second kappa shape index (κ2) is 8.41. The normalized spacial score (nSPS) is 19.7. The Hall–Kier alpha value is -0.770. The van der Waals surface area contributed by atoms with Crippen LogP contribution < -0.4 is 10.9 Å². The first-order valence-electron chi connectivity index (χ1n) is 7.72. The van der Waals surface area contributed by atoms with Gasteiger partial charge in [-0.1, -0.05) is 44.9 Å². The lowest BCUT2D eigenvalue weighted by atomic mass is 9.98. The minimum absolute atomic E-state index is 0.380. The van der Waals surface area contributed by atoms with E-state index >= 15 is 0 Å². The van der Waals surface area contributed by atoms with Crippen LogP contribution in [0.1, 0.15) is 78.6 Å². The van der Waals surface area contributed by atoms with Gasteiger partial charge in [0.05, 0.1) is 0 Å². The van der Waals surface area contributed by atoms with Crippen molar-refractivity contribution in [2.45, 2.75) is 90.2 Å². The minimum Gasteiger partial charge on any atom is -0.443 e. The van der Waals surface area contributed by atoms with Gasteiger partial charge in [0.25, 0.3) is 0 Å².